The standard InChI is InChI=1S/C9H7ClN2O4/c10-5-8(13)11-9(14)6-2-1-3-7(4-6)12(15)16/h1-4H,5H2,(H,11,13,14). The van der Waals surface area contributed by atoms with E-state index in [1.807, 2.05) is 5.32 Å². The molecule has 0 saturated carbocycles. The Morgan fingerprint density at radius 1 is 1.44 bits per heavy atom. The second kappa shape index (κ2) is 5.22. The van der Waals surface area contributed by atoms with Crippen LogP contribution in [0, 0.1) is 10.1 Å². The molecule has 6 nitrogen and oxygen atoms in total. The van der Waals surface area contributed by atoms with Crippen LogP contribution in [-0.2, 0) is 4.79 Å². The number of hydrogen-bond donors (Lipinski definition) is 1. The molecule has 0 aliphatic carbocycles. The minimum absolute atomic E-state index is 0.0349. The Hall–Kier alpha value is -1.95. The van der Waals surface area contributed by atoms with Crippen molar-refractivity contribution in [2.45, 2.75) is 0 Å². The van der Waals surface area contributed by atoms with E-state index in [9.17, 15) is 19.7 Å². The Labute approximate surface area is 95.4 Å². The molecule has 0 aliphatic heterocycles. The first-order valence-electron chi connectivity index (χ1n) is 4.19. The fraction of sp³-hybridized carbons (Fsp3) is 0.111. The molecule has 0 heterocycles. The molecule has 0 fully saturated rings. The lowest BCUT2D eigenvalue weighted by molar-refractivity contribution is -0.384. The molecule has 1 N–H and O–H groups in total. The molecule has 7 heteroatoms. The van der Waals surface area contributed by atoms with Gasteiger partial charge in [0.15, 0.2) is 0 Å². The summed E-state index contributed by atoms with van der Waals surface area (Å²) in [4.78, 5) is 32.0. The van der Waals surface area contributed by atoms with Crippen LogP contribution in [0.15, 0.2) is 24.3 Å². The summed E-state index contributed by atoms with van der Waals surface area (Å²) in [5.41, 5.74) is -0.182. The first kappa shape index (κ1) is 12.1. The number of alkyl halides is 1. The molecule has 84 valence electrons. The van der Waals surface area contributed by atoms with E-state index in [2.05, 4.69) is 0 Å². The van der Waals surface area contributed by atoms with Gasteiger partial charge in [-0.3, -0.25) is 25.0 Å². The van der Waals surface area contributed by atoms with Crippen LogP contribution >= 0.6 is 11.6 Å². The molecule has 1 aromatic carbocycles. The van der Waals surface area contributed by atoms with E-state index in [-0.39, 0.29) is 17.1 Å². The van der Waals surface area contributed by atoms with Gasteiger partial charge in [0.2, 0.25) is 5.91 Å². The summed E-state index contributed by atoms with van der Waals surface area (Å²) in [6.45, 7) is 0. The fourth-order valence-electron chi connectivity index (χ4n) is 0.993. The van der Waals surface area contributed by atoms with Crippen LogP contribution < -0.4 is 5.32 Å². The lowest BCUT2D eigenvalue weighted by Crippen LogP contribution is -2.31. The van der Waals surface area contributed by atoms with Gasteiger partial charge < -0.3 is 0 Å². The summed E-state index contributed by atoms with van der Waals surface area (Å²) in [6.07, 6.45) is 0. The minimum Gasteiger partial charge on any atom is -0.291 e. The van der Waals surface area contributed by atoms with Gasteiger partial charge in [-0.15, -0.1) is 11.6 Å². The number of hydrogen-bond acceptors (Lipinski definition) is 4. The third-order valence-electron chi connectivity index (χ3n) is 1.69. The van der Waals surface area contributed by atoms with E-state index in [1.54, 1.807) is 0 Å². The zero-order chi connectivity index (χ0) is 12.1. The number of benzene rings is 1. The van der Waals surface area contributed by atoms with Crippen LogP contribution in [0.25, 0.3) is 0 Å². The van der Waals surface area contributed by atoms with Gasteiger partial charge >= 0.3 is 0 Å². The topological polar surface area (TPSA) is 89.3 Å². The van der Waals surface area contributed by atoms with Gasteiger partial charge in [-0.25, -0.2) is 0 Å². The number of nitrogens with one attached hydrogen (secondary N) is 1. The van der Waals surface area contributed by atoms with Gasteiger partial charge in [-0.05, 0) is 6.07 Å². The Balaban J connectivity index is 2.88. The number of nitro groups is 1. The summed E-state index contributed by atoms with van der Waals surface area (Å²) in [6, 6.07) is 5.05. The van der Waals surface area contributed by atoms with Crippen LogP contribution in [0.2, 0.25) is 0 Å². The van der Waals surface area contributed by atoms with Crippen LogP contribution in [0.5, 0.6) is 0 Å². The number of halogens is 1. The van der Waals surface area contributed by atoms with Crippen molar-refractivity contribution >= 4 is 29.1 Å². The van der Waals surface area contributed by atoms with Crippen molar-refractivity contribution in [3.05, 3.63) is 39.9 Å². The van der Waals surface area contributed by atoms with Gasteiger partial charge in [0.05, 0.1) is 4.92 Å². The van der Waals surface area contributed by atoms with Crippen molar-refractivity contribution in [1.82, 2.24) is 5.32 Å². The molecule has 0 atom stereocenters. The minimum atomic E-state index is -0.714. The molecule has 0 aliphatic rings. The van der Waals surface area contributed by atoms with Crippen molar-refractivity contribution in [3.8, 4) is 0 Å². The number of non-ortho nitro benzene ring substituents is 1. The lowest BCUT2D eigenvalue weighted by atomic mass is 10.2. The number of amides is 2. The average molecular weight is 243 g/mol. The molecule has 0 saturated heterocycles. The van der Waals surface area contributed by atoms with E-state index in [1.165, 1.54) is 18.2 Å². The Kier molecular flexibility index (Phi) is 3.96. The smallest absolute Gasteiger partial charge is 0.270 e. The van der Waals surface area contributed by atoms with Gasteiger partial charge in [-0.2, -0.15) is 0 Å². The quantitative estimate of drug-likeness (QED) is 0.488. The largest absolute Gasteiger partial charge is 0.291 e. The van der Waals surface area contributed by atoms with E-state index in [0.29, 0.717) is 0 Å². The van der Waals surface area contributed by atoms with Gasteiger partial charge in [-0.1, -0.05) is 6.07 Å². The van der Waals surface area contributed by atoms with Crippen molar-refractivity contribution < 1.29 is 14.5 Å². The van der Waals surface area contributed by atoms with Crippen LogP contribution in [0.1, 0.15) is 10.4 Å². The summed E-state index contributed by atoms with van der Waals surface area (Å²) in [5.74, 6) is -1.71. The molecule has 0 bridgehead atoms. The monoisotopic (exact) mass is 242 g/mol. The number of nitro benzene ring substituents is 1. The van der Waals surface area contributed by atoms with E-state index < -0.39 is 16.7 Å². The highest BCUT2D eigenvalue weighted by molar-refractivity contribution is 6.28. The summed E-state index contributed by atoms with van der Waals surface area (Å²) in [5, 5.41) is 12.4. The van der Waals surface area contributed by atoms with Gasteiger partial charge in [0.1, 0.15) is 5.88 Å². The number of carbonyl (C=O) groups excluding carboxylic acids is 2. The molecular formula is C9H7ClN2O4. The maximum Gasteiger partial charge on any atom is 0.270 e. The molecule has 0 unspecified atom stereocenters. The maximum absolute atomic E-state index is 11.4. The molecule has 1 aromatic rings. The predicted octanol–water partition coefficient (Wildman–Crippen LogP) is 1.09. The maximum atomic E-state index is 11.4. The predicted molar refractivity (Wildman–Crippen MR) is 56.3 cm³/mol. The van der Waals surface area contributed by atoms with Crippen LogP contribution in [-0.4, -0.2) is 22.6 Å². The molecule has 0 radical (unpaired) electrons. The second-order valence-corrected chi connectivity index (χ2v) is 3.09. The first-order valence-corrected chi connectivity index (χ1v) is 4.72. The summed E-state index contributed by atoms with van der Waals surface area (Å²) >= 11 is 5.19. The normalized spacial score (nSPS) is 9.56. The molecular weight excluding hydrogens is 236 g/mol. The van der Waals surface area contributed by atoms with Gasteiger partial charge in [0, 0.05) is 17.7 Å². The molecule has 0 spiro atoms. The SMILES string of the molecule is O=C(CCl)NC(=O)c1cccc([N+](=O)[O-])c1. The first-order chi connectivity index (χ1) is 7.54. The van der Waals surface area contributed by atoms with Crippen LogP contribution in [0.3, 0.4) is 0 Å². The average Bonchev–Trinajstić information content (AvgIpc) is 2.28. The molecule has 1 rings (SSSR count). The number of rotatable bonds is 3. The highest BCUT2D eigenvalue weighted by Gasteiger charge is 2.13. The highest BCUT2D eigenvalue weighted by atomic mass is 35.5. The molecule has 0 aromatic heterocycles. The van der Waals surface area contributed by atoms with Crippen molar-refractivity contribution in [2.24, 2.45) is 0 Å². The number of nitrogens with zero attached hydrogens (tertiary/aromatic N) is 1. The second-order valence-electron chi connectivity index (χ2n) is 2.82. The fourth-order valence-corrected chi connectivity index (χ4v) is 1.06. The van der Waals surface area contributed by atoms with Crippen LogP contribution in [0.4, 0.5) is 5.69 Å². The number of imide groups is 1. The van der Waals surface area contributed by atoms with Crippen molar-refractivity contribution in [1.29, 1.82) is 0 Å². The Morgan fingerprint density at radius 2 is 2.12 bits per heavy atom. The van der Waals surface area contributed by atoms with Crippen molar-refractivity contribution in [2.75, 3.05) is 5.88 Å². The zero-order valence-electron chi connectivity index (χ0n) is 7.97. The summed E-state index contributed by atoms with van der Waals surface area (Å²) in [7, 11) is 0. The zero-order valence-corrected chi connectivity index (χ0v) is 8.73. The molecule has 2 amide bonds. The third-order valence-corrected chi connectivity index (χ3v) is 1.94. The lowest BCUT2D eigenvalue weighted by Gasteiger charge is -2.01. The van der Waals surface area contributed by atoms with Gasteiger partial charge in [0.25, 0.3) is 11.6 Å². The Morgan fingerprint density at radius 3 is 2.69 bits per heavy atom. The van der Waals surface area contributed by atoms with E-state index in [4.69, 9.17) is 11.6 Å². The van der Waals surface area contributed by atoms with E-state index in [0.717, 1.165) is 6.07 Å². The third kappa shape index (κ3) is 3.03. The van der Waals surface area contributed by atoms with Crippen molar-refractivity contribution in [3.63, 3.8) is 0 Å². The summed E-state index contributed by atoms with van der Waals surface area (Å²) < 4.78 is 0. The Bertz CT molecular complexity index is 447. The number of carbonyl (C=O) groups is 2. The van der Waals surface area contributed by atoms with E-state index >= 15 is 0 Å². The highest BCUT2D eigenvalue weighted by Crippen LogP contribution is 2.12. The molecule has 16 heavy (non-hydrogen) atoms.